The lowest BCUT2D eigenvalue weighted by Gasteiger charge is -2.33. The number of nitrogens with one attached hydrogen (secondary N) is 1. The van der Waals surface area contributed by atoms with E-state index in [9.17, 15) is 0 Å². The fourth-order valence-electron chi connectivity index (χ4n) is 2.50. The van der Waals surface area contributed by atoms with E-state index in [0.717, 1.165) is 37.9 Å². The molecular weight excluding hydrogens is 226 g/mol. The maximum atomic E-state index is 4.18. The van der Waals surface area contributed by atoms with Crippen molar-refractivity contribution in [1.29, 1.82) is 0 Å². The van der Waals surface area contributed by atoms with Crippen LogP contribution in [0.3, 0.4) is 0 Å². The molecule has 1 atom stereocenters. The summed E-state index contributed by atoms with van der Waals surface area (Å²) in [7, 11) is 0. The van der Waals surface area contributed by atoms with Crippen molar-refractivity contribution in [2.45, 2.75) is 52.2 Å². The van der Waals surface area contributed by atoms with Crippen LogP contribution in [0.4, 0.5) is 0 Å². The molecule has 5 heteroatoms. The molecule has 18 heavy (non-hydrogen) atoms. The number of rotatable bonds is 6. The summed E-state index contributed by atoms with van der Waals surface area (Å²) in [5.41, 5.74) is 1.03. The van der Waals surface area contributed by atoms with Gasteiger partial charge in [-0.1, -0.05) is 18.6 Å². The van der Waals surface area contributed by atoms with Crippen LogP contribution < -0.4 is 5.32 Å². The van der Waals surface area contributed by atoms with Crippen molar-refractivity contribution in [1.82, 2.24) is 25.2 Å². The molecule has 1 saturated heterocycles. The SMILES string of the molecule is CCNCc1cn(CCN2CCCCC2C)nn1. The summed E-state index contributed by atoms with van der Waals surface area (Å²) in [6, 6.07) is 0.725. The molecule has 1 aliphatic rings. The topological polar surface area (TPSA) is 46.0 Å². The highest BCUT2D eigenvalue weighted by Crippen LogP contribution is 2.15. The van der Waals surface area contributed by atoms with Gasteiger partial charge in [0, 0.05) is 25.3 Å². The molecule has 2 heterocycles. The zero-order valence-electron chi connectivity index (χ0n) is 11.6. The van der Waals surface area contributed by atoms with Gasteiger partial charge in [-0.25, -0.2) is 0 Å². The first-order valence-corrected chi connectivity index (χ1v) is 7.13. The van der Waals surface area contributed by atoms with Gasteiger partial charge in [-0.15, -0.1) is 5.10 Å². The molecule has 102 valence electrons. The molecular formula is C13H25N5. The van der Waals surface area contributed by atoms with Gasteiger partial charge in [-0.05, 0) is 32.9 Å². The van der Waals surface area contributed by atoms with Crippen LogP contribution in [0, 0.1) is 0 Å². The Labute approximate surface area is 110 Å². The van der Waals surface area contributed by atoms with Crippen molar-refractivity contribution >= 4 is 0 Å². The van der Waals surface area contributed by atoms with Crippen molar-refractivity contribution in [3.05, 3.63) is 11.9 Å². The van der Waals surface area contributed by atoms with Gasteiger partial charge in [-0.2, -0.15) is 0 Å². The molecule has 0 saturated carbocycles. The van der Waals surface area contributed by atoms with E-state index in [1.165, 1.54) is 25.8 Å². The largest absolute Gasteiger partial charge is 0.311 e. The van der Waals surface area contributed by atoms with Crippen molar-refractivity contribution in [3.63, 3.8) is 0 Å². The van der Waals surface area contributed by atoms with Crippen molar-refractivity contribution in [2.75, 3.05) is 19.6 Å². The third-order valence-electron chi connectivity index (χ3n) is 3.70. The lowest BCUT2D eigenvalue weighted by atomic mass is 10.0. The number of nitrogens with zero attached hydrogens (tertiary/aromatic N) is 4. The predicted octanol–water partition coefficient (Wildman–Crippen LogP) is 1.26. The summed E-state index contributed by atoms with van der Waals surface area (Å²) < 4.78 is 1.97. The summed E-state index contributed by atoms with van der Waals surface area (Å²) in [4.78, 5) is 2.56. The Balaban J connectivity index is 1.77. The summed E-state index contributed by atoms with van der Waals surface area (Å²) in [6.45, 7) is 9.49. The first-order valence-electron chi connectivity index (χ1n) is 7.13. The number of hydrogen-bond acceptors (Lipinski definition) is 4. The lowest BCUT2D eigenvalue weighted by molar-refractivity contribution is 0.153. The standard InChI is InChI=1S/C13H25N5/c1-3-14-10-13-11-18(16-15-13)9-8-17-7-5-4-6-12(17)2/h11-12,14H,3-10H2,1-2H3. The van der Waals surface area contributed by atoms with Gasteiger partial charge in [0.25, 0.3) is 0 Å². The highest BCUT2D eigenvalue weighted by atomic mass is 15.4. The van der Waals surface area contributed by atoms with Crippen LogP contribution >= 0.6 is 0 Å². The van der Waals surface area contributed by atoms with E-state index >= 15 is 0 Å². The average Bonchev–Trinajstić information content (AvgIpc) is 2.83. The highest BCUT2D eigenvalue weighted by molar-refractivity contribution is 4.91. The van der Waals surface area contributed by atoms with Gasteiger partial charge in [0.05, 0.1) is 12.2 Å². The lowest BCUT2D eigenvalue weighted by Crippen LogP contribution is -2.39. The van der Waals surface area contributed by atoms with E-state index in [1.54, 1.807) is 0 Å². The number of likely N-dealkylation sites (tertiary alicyclic amines) is 1. The van der Waals surface area contributed by atoms with Crippen molar-refractivity contribution in [2.24, 2.45) is 0 Å². The molecule has 1 fully saturated rings. The molecule has 0 aliphatic carbocycles. The zero-order valence-corrected chi connectivity index (χ0v) is 11.6. The number of aromatic nitrogens is 3. The van der Waals surface area contributed by atoms with Gasteiger partial charge >= 0.3 is 0 Å². The second kappa shape index (κ2) is 6.85. The first kappa shape index (κ1) is 13.5. The Bertz CT molecular complexity index is 349. The summed E-state index contributed by atoms with van der Waals surface area (Å²) in [5, 5.41) is 11.6. The van der Waals surface area contributed by atoms with Crippen LogP contribution in [-0.4, -0.2) is 45.6 Å². The molecule has 1 aromatic rings. The second-order valence-electron chi connectivity index (χ2n) is 5.13. The summed E-state index contributed by atoms with van der Waals surface area (Å²) >= 11 is 0. The molecule has 1 unspecified atom stereocenters. The monoisotopic (exact) mass is 251 g/mol. The van der Waals surface area contributed by atoms with Crippen molar-refractivity contribution in [3.8, 4) is 0 Å². The predicted molar refractivity (Wildman–Crippen MR) is 72.3 cm³/mol. The molecule has 0 aromatic carbocycles. The smallest absolute Gasteiger partial charge is 0.0964 e. The molecule has 0 radical (unpaired) electrons. The van der Waals surface area contributed by atoms with Crippen LogP contribution in [0.2, 0.25) is 0 Å². The van der Waals surface area contributed by atoms with E-state index < -0.39 is 0 Å². The minimum atomic E-state index is 0.725. The number of hydrogen-bond donors (Lipinski definition) is 1. The quantitative estimate of drug-likeness (QED) is 0.827. The molecule has 1 N–H and O–H groups in total. The minimum Gasteiger partial charge on any atom is -0.311 e. The van der Waals surface area contributed by atoms with E-state index in [2.05, 4.69) is 40.6 Å². The minimum absolute atomic E-state index is 0.725. The Hall–Kier alpha value is -0.940. The summed E-state index contributed by atoms with van der Waals surface area (Å²) in [6.07, 6.45) is 6.11. The van der Waals surface area contributed by atoms with E-state index in [-0.39, 0.29) is 0 Å². The molecule has 1 aromatic heterocycles. The van der Waals surface area contributed by atoms with Crippen LogP contribution in [0.25, 0.3) is 0 Å². The maximum absolute atomic E-state index is 4.18. The zero-order chi connectivity index (χ0) is 12.8. The van der Waals surface area contributed by atoms with Crippen LogP contribution in [0.15, 0.2) is 6.20 Å². The first-order chi connectivity index (χ1) is 8.79. The third kappa shape index (κ3) is 3.78. The molecule has 1 aliphatic heterocycles. The molecule has 0 amide bonds. The Kier molecular flexibility index (Phi) is 5.13. The average molecular weight is 251 g/mol. The Morgan fingerprint density at radius 3 is 3.06 bits per heavy atom. The molecule has 5 nitrogen and oxygen atoms in total. The van der Waals surface area contributed by atoms with E-state index in [4.69, 9.17) is 0 Å². The molecule has 0 spiro atoms. The van der Waals surface area contributed by atoms with Crippen LogP contribution in [-0.2, 0) is 13.1 Å². The Morgan fingerprint density at radius 2 is 2.28 bits per heavy atom. The molecule has 0 bridgehead atoms. The summed E-state index contributed by atoms with van der Waals surface area (Å²) in [5.74, 6) is 0. The molecule has 2 rings (SSSR count). The fraction of sp³-hybridized carbons (Fsp3) is 0.846. The van der Waals surface area contributed by atoms with Gasteiger partial charge < -0.3 is 5.32 Å². The van der Waals surface area contributed by atoms with E-state index in [1.807, 2.05) is 4.68 Å². The fourth-order valence-corrected chi connectivity index (χ4v) is 2.50. The maximum Gasteiger partial charge on any atom is 0.0964 e. The van der Waals surface area contributed by atoms with Crippen molar-refractivity contribution < 1.29 is 0 Å². The van der Waals surface area contributed by atoms with E-state index in [0.29, 0.717) is 0 Å². The van der Waals surface area contributed by atoms with Crippen LogP contribution in [0.1, 0.15) is 38.8 Å². The van der Waals surface area contributed by atoms with Gasteiger partial charge in [0.15, 0.2) is 0 Å². The van der Waals surface area contributed by atoms with Crippen LogP contribution in [0.5, 0.6) is 0 Å². The third-order valence-corrected chi connectivity index (χ3v) is 3.70. The van der Waals surface area contributed by atoms with Gasteiger partial charge in [0.2, 0.25) is 0 Å². The highest BCUT2D eigenvalue weighted by Gasteiger charge is 2.17. The number of piperidine rings is 1. The Morgan fingerprint density at radius 1 is 1.39 bits per heavy atom. The van der Waals surface area contributed by atoms with Gasteiger partial charge in [-0.3, -0.25) is 9.58 Å². The second-order valence-corrected chi connectivity index (χ2v) is 5.13. The normalized spacial score (nSPS) is 21.3. The van der Waals surface area contributed by atoms with Gasteiger partial charge in [0.1, 0.15) is 0 Å².